The second-order valence-corrected chi connectivity index (χ2v) is 8.21. The van der Waals surface area contributed by atoms with Crippen molar-refractivity contribution in [2.24, 2.45) is 0 Å². The van der Waals surface area contributed by atoms with E-state index in [1.54, 1.807) is 66.7 Å². The number of fused-ring (bicyclic) bond motifs is 1. The van der Waals surface area contributed by atoms with Gasteiger partial charge in [-0.25, -0.2) is 4.90 Å². The van der Waals surface area contributed by atoms with Crippen molar-refractivity contribution in [3.8, 4) is 17.2 Å². The summed E-state index contributed by atoms with van der Waals surface area (Å²) in [6.45, 7) is 4.84. The van der Waals surface area contributed by atoms with Crippen LogP contribution in [0.2, 0.25) is 0 Å². The topological polar surface area (TPSA) is 77.1 Å². The Bertz CT molecular complexity index is 1270. The molecule has 1 N–H and O–H groups in total. The number of hydrogen-bond acceptors (Lipinski definition) is 6. The SMILES string of the molecule is CC(C)Oc1ccc(C2=C(Nc3ccc4c(c3)OCCO4)C(=O)N(c3ccccc3)C2=O)cc1. The maximum Gasteiger partial charge on any atom is 0.282 e. The summed E-state index contributed by atoms with van der Waals surface area (Å²) in [6, 6.07) is 21.4. The third kappa shape index (κ3) is 4.08. The normalized spacial score (nSPS) is 15.2. The van der Waals surface area contributed by atoms with Crippen LogP contribution in [0, 0.1) is 0 Å². The molecule has 7 nitrogen and oxygen atoms in total. The highest BCUT2D eigenvalue weighted by Gasteiger charge is 2.40. The molecule has 0 radical (unpaired) electrons. The van der Waals surface area contributed by atoms with Crippen molar-refractivity contribution >= 4 is 28.8 Å². The first kappa shape index (κ1) is 21.6. The van der Waals surface area contributed by atoms with Gasteiger partial charge in [0.1, 0.15) is 24.7 Å². The van der Waals surface area contributed by atoms with Crippen molar-refractivity contribution in [2.45, 2.75) is 20.0 Å². The molecule has 0 spiro atoms. The molecule has 0 aromatic heterocycles. The molecule has 0 bridgehead atoms. The molecule has 34 heavy (non-hydrogen) atoms. The van der Waals surface area contributed by atoms with Gasteiger partial charge in [0, 0.05) is 11.8 Å². The summed E-state index contributed by atoms with van der Waals surface area (Å²) >= 11 is 0. The molecule has 2 aliphatic heterocycles. The molecule has 0 unspecified atom stereocenters. The molecule has 3 aromatic carbocycles. The summed E-state index contributed by atoms with van der Waals surface area (Å²) < 4.78 is 17.0. The molecule has 2 amide bonds. The number of benzene rings is 3. The first-order valence-corrected chi connectivity index (χ1v) is 11.1. The second kappa shape index (κ2) is 8.94. The van der Waals surface area contributed by atoms with Gasteiger partial charge in [-0.3, -0.25) is 9.59 Å². The number of rotatable bonds is 6. The van der Waals surface area contributed by atoms with Gasteiger partial charge in [0.05, 0.1) is 17.4 Å². The molecular formula is C27H24N2O5. The minimum absolute atomic E-state index is 0.0285. The fourth-order valence-corrected chi connectivity index (χ4v) is 3.96. The monoisotopic (exact) mass is 456 g/mol. The van der Waals surface area contributed by atoms with E-state index in [2.05, 4.69) is 5.32 Å². The molecule has 2 aliphatic rings. The van der Waals surface area contributed by atoms with Crippen LogP contribution in [0.15, 0.2) is 78.5 Å². The molecular weight excluding hydrogens is 432 g/mol. The minimum Gasteiger partial charge on any atom is -0.491 e. The third-order valence-electron chi connectivity index (χ3n) is 5.42. The van der Waals surface area contributed by atoms with Crippen molar-refractivity contribution in [3.05, 3.63) is 84.1 Å². The number of hydrogen-bond donors (Lipinski definition) is 1. The van der Waals surface area contributed by atoms with Gasteiger partial charge in [0.25, 0.3) is 11.8 Å². The van der Waals surface area contributed by atoms with E-state index < -0.39 is 11.8 Å². The van der Waals surface area contributed by atoms with Crippen molar-refractivity contribution in [3.63, 3.8) is 0 Å². The summed E-state index contributed by atoms with van der Waals surface area (Å²) in [6.07, 6.45) is 0.0285. The second-order valence-electron chi connectivity index (χ2n) is 8.21. The highest BCUT2D eigenvalue weighted by atomic mass is 16.6. The van der Waals surface area contributed by atoms with Crippen LogP contribution in [-0.2, 0) is 9.59 Å². The maximum absolute atomic E-state index is 13.5. The lowest BCUT2D eigenvalue weighted by atomic mass is 10.0. The first-order valence-electron chi connectivity index (χ1n) is 11.1. The molecule has 7 heteroatoms. The molecule has 0 fully saturated rings. The summed E-state index contributed by atoms with van der Waals surface area (Å²) in [5, 5.41) is 3.17. The summed E-state index contributed by atoms with van der Waals surface area (Å²) in [5.74, 6) is 1.10. The van der Waals surface area contributed by atoms with E-state index in [1.807, 2.05) is 19.9 Å². The van der Waals surface area contributed by atoms with Crippen LogP contribution in [-0.4, -0.2) is 31.1 Å². The lowest BCUT2D eigenvalue weighted by molar-refractivity contribution is -0.120. The summed E-state index contributed by atoms with van der Waals surface area (Å²) in [4.78, 5) is 28.2. The molecule has 0 saturated carbocycles. The number of imide groups is 1. The van der Waals surface area contributed by atoms with Crippen molar-refractivity contribution in [1.29, 1.82) is 0 Å². The average Bonchev–Trinajstić information content (AvgIpc) is 3.09. The van der Waals surface area contributed by atoms with Gasteiger partial charge >= 0.3 is 0 Å². The van der Waals surface area contributed by atoms with Gasteiger partial charge in [0.2, 0.25) is 0 Å². The number of para-hydroxylation sites is 1. The third-order valence-corrected chi connectivity index (χ3v) is 5.42. The van der Waals surface area contributed by atoms with E-state index in [0.717, 1.165) is 0 Å². The number of amides is 2. The summed E-state index contributed by atoms with van der Waals surface area (Å²) in [7, 11) is 0. The Hall–Kier alpha value is -4.26. The average molecular weight is 456 g/mol. The molecule has 0 saturated heterocycles. The number of ether oxygens (including phenoxy) is 3. The van der Waals surface area contributed by atoms with E-state index in [0.29, 0.717) is 53.0 Å². The summed E-state index contributed by atoms with van der Waals surface area (Å²) in [5.41, 5.74) is 2.23. The fourth-order valence-electron chi connectivity index (χ4n) is 3.96. The van der Waals surface area contributed by atoms with E-state index >= 15 is 0 Å². The standard InChI is InChI=1S/C27H24N2O5/c1-17(2)34-21-11-8-18(9-12-21)24-25(27(31)29(26(24)30)20-6-4-3-5-7-20)28-19-10-13-22-23(16-19)33-15-14-32-22/h3-13,16-17,28H,14-15H2,1-2H3. The number of nitrogens with one attached hydrogen (secondary N) is 1. The number of anilines is 2. The van der Waals surface area contributed by atoms with Gasteiger partial charge in [-0.05, 0) is 55.8 Å². The zero-order valence-corrected chi connectivity index (χ0v) is 18.9. The highest BCUT2D eigenvalue weighted by molar-refractivity contribution is 6.46. The van der Waals surface area contributed by atoms with Gasteiger partial charge in [0.15, 0.2) is 11.5 Å². The Kier molecular flexibility index (Phi) is 5.67. The van der Waals surface area contributed by atoms with Gasteiger partial charge < -0.3 is 19.5 Å². The molecule has 172 valence electrons. The van der Waals surface area contributed by atoms with Crippen molar-refractivity contribution < 1.29 is 23.8 Å². The largest absolute Gasteiger partial charge is 0.491 e. The minimum atomic E-state index is -0.427. The van der Waals surface area contributed by atoms with Crippen LogP contribution in [0.25, 0.3) is 5.57 Å². The number of nitrogens with zero attached hydrogens (tertiary/aromatic N) is 1. The number of carbonyl (C=O) groups is 2. The lowest BCUT2D eigenvalue weighted by Gasteiger charge is -2.19. The van der Waals surface area contributed by atoms with E-state index in [9.17, 15) is 9.59 Å². The van der Waals surface area contributed by atoms with Crippen LogP contribution < -0.4 is 24.4 Å². The van der Waals surface area contributed by atoms with Crippen LogP contribution >= 0.6 is 0 Å². The molecule has 5 rings (SSSR count). The predicted molar refractivity (Wildman–Crippen MR) is 129 cm³/mol. The highest BCUT2D eigenvalue weighted by Crippen LogP contribution is 2.37. The van der Waals surface area contributed by atoms with Crippen molar-refractivity contribution in [1.82, 2.24) is 0 Å². The van der Waals surface area contributed by atoms with E-state index in [1.165, 1.54) is 4.90 Å². The Morgan fingerprint density at radius 3 is 2.26 bits per heavy atom. The Balaban J connectivity index is 1.55. The Labute approximate surface area is 197 Å². The smallest absolute Gasteiger partial charge is 0.282 e. The number of carbonyl (C=O) groups excluding carboxylic acids is 2. The predicted octanol–water partition coefficient (Wildman–Crippen LogP) is 4.64. The Morgan fingerprint density at radius 2 is 1.56 bits per heavy atom. The first-order chi connectivity index (χ1) is 16.5. The zero-order valence-electron chi connectivity index (χ0n) is 18.9. The van der Waals surface area contributed by atoms with Crippen molar-refractivity contribution in [2.75, 3.05) is 23.4 Å². The lowest BCUT2D eigenvalue weighted by Crippen LogP contribution is -2.32. The van der Waals surface area contributed by atoms with Crippen LogP contribution in [0.5, 0.6) is 17.2 Å². The molecule has 3 aromatic rings. The van der Waals surface area contributed by atoms with Gasteiger partial charge in [-0.15, -0.1) is 0 Å². The fraction of sp³-hybridized carbons (Fsp3) is 0.185. The Morgan fingerprint density at radius 1 is 0.853 bits per heavy atom. The zero-order chi connectivity index (χ0) is 23.7. The van der Waals surface area contributed by atoms with E-state index in [-0.39, 0.29) is 11.8 Å². The van der Waals surface area contributed by atoms with Gasteiger partial charge in [-0.2, -0.15) is 0 Å². The quantitative estimate of drug-likeness (QED) is 0.545. The maximum atomic E-state index is 13.5. The van der Waals surface area contributed by atoms with Crippen LogP contribution in [0.1, 0.15) is 19.4 Å². The van der Waals surface area contributed by atoms with E-state index in [4.69, 9.17) is 14.2 Å². The molecule has 2 heterocycles. The van der Waals surface area contributed by atoms with Crippen LogP contribution in [0.4, 0.5) is 11.4 Å². The molecule has 0 aliphatic carbocycles. The van der Waals surface area contributed by atoms with Crippen LogP contribution in [0.3, 0.4) is 0 Å². The molecule has 0 atom stereocenters. The van der Waals surface area contributed by atoms with Gasteiger partial charge in [-0.1, -0.05) is 30.3 Å².